The predicted octanol–water partition coefficient (Wildman–Crippen LogP) is -1.47. The Hall–Kier alpha value is 0.945. The number of rotatable bonds is 0. The molecule has 0 aromatic rings. The second-order valence-electron chi connectivity index (χ2n) is 0.346. The van der Waals surface area contributed by atoms with Gasteiger partial charge in [0.05, 0.1) is 0 Å². The third-order valence-electron chi connectivity index (χ3n) is 0. The average molecular weight is 95.9 g/mol. The zero-order valence-electron chi connectivity index (χ0n) is 1.92. The van der Waals surface area contributed by atoms with Gasteiger partial charge in [0.15, 0.2) is 0 Å². The summed E-state index contributed by atoms with van der Waals surface area (Å²) in [6, 6.07) is 0. The van der Waals surface area contributed by atoms with Crippen LogP contribution in [0.25, 0.3) is 0 Å². The van der Waals surface area contributed by atoms with E-state index in [9.17, 15) is 0 Å². The van der Waals surface area contributed by atoms with Gasteiger partial charge in [-0.15, -0.1) is 0 Å². The SMILES string of the molecule is OB(O)O.[HH].[HH].[HH].[HH].[HH].[NaH]. The Kier molecular flexibility index (Phi) is 9.24. The van der Waals surface area contributed by atoms with Gasteiger partial charge in [0.25, 0.3) is 0 Å². The molecule has 3 nitrogen and oxygen atoms in total. The minimum atomic E-state index is -2.17. The van der Waals surface area contributed by atoms with Gasteiger partial charge in [0, 0.05) is 7.13 Å². The van der Waals surface area contributed by atoms with Crippen molar-refractivity contribution in [2.45, 2.75) is 0 Å². The molecule has 0 saturated heterocycles. The van der Waals surface area contributed by atoms with E-state index in [0.29, 0.717) is 0 Å². The van der Waals surface area contributed by atoms with Crippen molar-refractivity contribution in [1.82, 2.24) is 0 Å². The molecule has 0 bridgehead atoms. The third-order valence-corrected chi connectivity index (χ3v) is 0. The standard InChI is InChI=1S/BH3O3.Na.5H2.H/c2-1(3)4;;;;;;;/h2-4H;;5*1H;. The van der Waals surface area contributed by atoms with Crippen molar-refractivity contribution in [2.24, 2.45) is 0 Å². The maximum atomic E-state index is 7.17. The van der Waals surface area contributed by atoms with Crippen molar-refractivity contribution in [3.8, 4) is 0 Å². The van der Waals surface area contributed by atoms with Crippen LogP contribution in [-0.4, -0.2) is 52.0 Å². The summed E-state index contributed by atoms with van der Waals surface area (Å²) >= 11 is 0. The summed E-state index contributed by atoms with van der Waals surface area (Å²) in [4.78, 5) is 0. The van der Waals surface area contributed by atoms with Crippen molar-refractivity contribution >= 4 is 36.9 Å². The molecule has 0 aromatic heterocycles. The first kappa shape index (κ1) is 9.34. The molecule has 0 unspecified atom stereocenters. The Labute approximate surface area is 59.5 Å². The monoisotopic (exact) mass is 96.1 g/mol. The minimum absolute atomic E-state index is 0. The Morgan fingerprint density at radius 3 is 1.20 bits per heavy atom. The van der Waals surface area contributed by atoms with Crippen LogP contribution in [0.5, 0.6) is 0 Å². The second kappa shape index (κ2) is 4.94. The van der Waals surface area contributed by atoms with Crippen LogP contribution in [0.3, 0.4) is 0 Å². The summed E-state index contributed by atoms with van der Waals surface area (Å²) in [5.74, 6) is 0. The molecule has 0 fully saturated rings. The van der Waals surface area contributed by atoms with Crippen molar-refractivity contribution in [1.29, 1.82) is 0 Å². The van der Waals surface area contributed by atoms with Crippen molar-refractivity contribution < 1.29 is 22.2 Å². The maximum absolute atomic E-state index is 7.17. The molecular formula is H14BNaO3. The quantitative estimate of drug-likeness (QED) is 0.322. The van der Waals surface area contributed by atoms with Gasteiger partial charge in [-0.3, -0.25) is 0 Å². The fourth-order valence-electron chi connectivity index (χ4n) is 0. The van der Waals surface area contributed by atoms with E-state index < -0.39 is 7.32 Å². The zero-order chi connectivity index (χ0) is 3.58. The molecule has 3 N–H and O–H groups in total. The van der Waals surface area contributed by atoms with E-state index in [1.165, 1.54) is 0 Å². The van der Waals surface area contributed by atoms with Crippen LogP contribution in [0.4, 0.5) is 0 Å². The van der Waals surface area contributed by atoms with E-state index in [1.54, 1.807) is 0 Å². The zero-order valence-corrected chi connectivity index (χ0v) is 1.92. The van der Waals surface area contributed by atoms with Gasteiger partial charge in [-0.05, 0) is 0 Å². The van der Waals surface area contributed by atoms with E-state index in [2.05, 4.69) is 0 Å². The third kappa shape index (κ3) is 48.0. The first-order chi connectivity index (χ1) is 1.73. The van der Waals surface area contributed by atoms with E-state index in [0.717, 1.165) is 0 Å². The summed E-state index contributed by atoms with van der Waals surface area (Å²) in [7, 11) is -2.17. The van der Waals surface area contributed by atoms with Crippen LogP contribution in [0.1, 0.15) is 7.13 Å². The molecule has 5 heavy (non-hydrogen) atoms. The fourth-order valence-corrected chi connectivity index (χ4v) is 0. The van der Waals surface area contributed by atoms with Gasteiger partial charge in [-0.25, -0.2) is 0 Å². The normalized spacial score (nSPS) is 5.40. The van der Waals surface area contributed by atoms with E-state index in [1.807, 2.05) is 0 Å². The number of hydrogen-bond acceptors (Lipinski definition) is 3. The molecule has 0 heterocycles. The van der Waals surface area contributed by atoms with Crippen molar-refractivity contribution in [3.05, 3.63) is 0 Å². The van der Waals surface area contributed by atoms with Gasteiger partial charge in [-0.2, -0.15) is 0 Å². The Morgan fingerprint density at radius 1 is 1.20 bits per heavy atom. The Bertz CT molecular complexity index is 21.6. The number of hydrogen-bond donors (Lipinski definition) is 3. The van der Waals surface area contributed by atoms with E-state index in [-0.39, 0.29) is 36.7 Å². The van der Waals surface area contributed by atoms with Crippen LogP contribution in [-0.2, 0) is 0 Å². The van der Waals surface area contributed by atoms with Crippen molar-refractivity contribution in [2.75, 3.05) is 0 Å². The van der Waals surface area contributed by atoms with Crippen LogP contribution in [0.2, 0.25) is 0 Å². The molecule has 0 saturated carbocycles. The summed E-state index contributed by atoms with van der Waals surface area (Å²) in [6.07, 6.45) is 0. The van der Waals surface area contributed by atoms with Gasteiger partial charge in [0.1, 0.15) is 0 Å². The first-order valence-electron chi connectivity index (χ1n) is 0.775. The molecule has 0 aliphatic carbocycles. The molecule has 0 amide bonds. The molecule has 36 valence electrons. The fraction of sp³-hybridized carbons (Fsp3) is 0. The first-order valence-corrected chi connectivity index (χ1v) is 0.775. The average Bonchev–Trinajstić information content (AvgIpc) is 0.811. The molecule has 0 atom stereocenters. The van der Waals surface area contributed by atoms with Crippen molar-refractivity contribution in [3.63, 3.8) is 0 Å². The summed E-state index contributed by atoms with van der Waals surface area (Å²) in [5.41, 5.74) is 0. The molecule has 0 rings (SSSR count). The molecular weight excluding hydrogens is 81.8 g/mol. The van der Waals surface area contributed by atoms with Crippen LogP contribution < -0.4 is 0 Å². The van der Waals surface area contributed by atoms with Crippen LogP contribution >= 0.6 is 0 Å². The topological polar surface area (TPSA) is 60.7 Å². The molecule has 0 aliphatic heterocycles. The van der Waals surface area contributed by atoms with Crippen LogP contribution in [0, 0.1) is 0 Å². The van der Waals surface area contributed by atoms with Gasteiger partial charge >= 0.3 is 36.9 Å². The molecule has 5 heteroatoms. The Balaban J connectivity index is -0.00000000300. The molecule has 0 radical (unpaired) electrons. The van der Waals surface area contributed by atoms with Gasteiger partial charge < -0.3 is 15.1 Å². The van der Waals surface area contributed by atoms with Crippen LogP contribution in [0.15, 0.2) is 0 Å². The summed E-state index contributed by atoms with van der Waals surface area (Å²) in [6.45, 7) is 0. The van der Waals surface area contributed by atoms with Gasteiger partial charge in [-0.1, -0.05) is 0 Å². The second-order valence-corrected chi connectivity index (χ2v) is 0.346. The molecule has 0 aromatic carbocycles. The molecule has 0 spiro atoms. The molecule has 0 aliphatic rings. The summed E-state index contributed by atoms with van der Waals surface area (Å²) < 4.78 is 0. The van der Waals surface area contributed by atoms with E-state index >= 15 is 0 Å². The van der Waals surface area contributed by atoms with E-state index in [4.69, 9.17) is 15.1 Å². The summed E-state index contributed by atoms with van der Waals surface area (Å²) in [5, 5.41) is 21.5. The van der Waals surface area contributed by atoms with Gasteiger partial charge in [0.2, 0.25) is 0 Å². The Morgan fingerprint density at radius 2 is 1.20 bits per heavy atom. The predicted molar refractivity (Wildman–Crippen MR) is 30.1 cm³/mol.